The first kappa shape index (κ1) is 13.3. The van der Waals surface area contributed by atoms with E-state index < -0.39 is 0 Å². The molecule has 1 aromatic rings. The lowest BCUT2D eigenvalue weighted by atomic mass is 9.62. The molecule has 0 aliphatic heterocycles. The molecule has 1 heteroatoms. The molecule has 0 N–H and O–H groups in total. The zero-order chi connectivity index (χ0) is 14.4. The van der Waals surface area contributed by atoms with Gasteiger partial charge in [-0.25, -0.2) is 0 Å². The van der Waals surface area contributed by atoms with Crippen LogP contribution in [0.4, 0.5) is 0 Å². The van der Waals surface area contributed by atoms with Crippen LogP contribution in [0.3, 0.4) is 0 Å². The highest BCUT2D eigenvalue weighted by Crippen LogP contribution is 2.58. The van der Waals surface area contributed by atoms with Gasteiger partial charge in [-0.15, -0.1) is 0 Å². The van der Waals surface area contributed by atoms with Crippen molar-refractivity contribution < 1.29 is 4.79 Å². The third kappa shape index (κ3) is 1.86. The van der Waals surface area contributed by atoms with Crippen molar-refractivity contribution in [2.45, 2.75) is 58.3 Å². The van der Waals surface area contributed by atoms with Gasteiger partial charge >= 0.3 is 0 Å². The van der Waals surface area contributed by atoms with Crippen molar-refractivity contribution in [1.29, 1.82) is 0 Å². The number of hydrogen-bond acceptors (Lipinski definition) is 1. The van der Waals surface area contributed by atoms with E-state index in [-0.39, 0.29) is 5.41 Å². The fourth-order valence-electron chi connectivity index (χ4n) is 4.94. The Bertz CT molecular complexity index is 625. The maximum Gasteiger partial charge on any atom is 0.169 e. The highest BCUT2D eigenvalue weighted by atomic mass is 16.1. The number of rotatable bonds is 3. The SMILES string of the molecule is CCCCc1cccc2c1CCC1(CC3=CCC1C3)C2=O. The Balaban J connectivity index is 1.71. The smallest absolute Gasteiger partial charge is 0.169 e. The van der Waals surface area contributed by atoms with E-state index in [2.05, 4.69) is 31.2 Å². The molecule has 2 bridgehead atoms. The lowest BCUT2D eigenvalue weighted by molar-refractivity contribution is 0.0670. The molecule has 0 saturated heterocycles. The van der Waals surface area contributed by atoms with Crippen molar-refractivity contribution in [3.63, 3.8) is 0 Å². The maximum absolute atomic E-state index is 13.2. The van der Waals surface area contributed by atoms with Gasteiger partial charge in [-0.2, -0.15) is 0 Å². The summed E-state index contributed by atoms with van der Waals surface area (Å²) >= 11 is 0. The second-order valence-corrected chi connectivity index (χ2v) is 7.21. The predicted molar refractivity (Wildman–Crippen MR) is 85.6 cm³/mol. The molecule has 3 aliphatic rings. The van der Waals surface area contributed by atoms with Crippen LogP contribution in [0.1, 0.15) is 66.9 Å². The third-order valence-corrected chi connectivity index (χ3v) is 6.11. The third-order valence-electron chi connectivity index (χ3n) is 6.11. The van der Waals surface area contributed by atoms with E-state index in [9.17, 15) is 4.79 Å². The van der Waals surface area contributed by atoms with Crippen molar-refractivity contribution in [3.8, 4) is 0 Å². The van der Waals surface area contributed by atoms with Crippen molar-refractivity contribution in [2.24, 2.45) is 11.3 Å². The van der Waals surface area contributed by atoms with Gasteiger partial charge in [-0.05, 0) is 62.0 Å². The standard InChI is InChI=1S/C20H24O/c1-2-3-5-15-6-4-7-18-17(15)10-11-20(19(18)21)13-14-8-9-16(20)12-14/h4,6-8,16H,2-3,5,9-13H2,1H3. The van der Waals surface area contributed by atoms with Crippen LogP contribution in [-0.2, 0) is 12.8 Å². The number of unbranched alkanes of at least 4 members (excludes halogenated alkanes) is 1. The molecule has 1 saturated carbocycles. The van der Waals surface area contributed by atoms with Crippen LogP contribution in [0.5, 0.6) is 0 Å². The Hall–Kier alpha value is -1.37. The number of ketones is 1. The van der Waals surface area contributed by atoms with Gasteiger partial charge in [-0.1, -0.05) is 43.2 Å². The van der Waals surface area contributed by atoms with Gasteiger partial charge in [0.2, 0.25) is 0 Å². The van der Waals surface area contributed by atoms with Crippen LogP contribution in [0.2, 0.25) is 0 Å². The lowest BCUT2D eigenvalue weighted by Crippen LogP contribution is -2.40. The van der Waals surface area contributed by atoms with Crippen LogP contribution in [0, 0.1) is 11.3 Å². The van der Waals surface area contributed by atoms with Gasteiger partial charge in [0.15, 0.2) is 5.78 Å². The van der Waals surface area contributed by atoms with Crippen LogP contribution >= 0.6 is 0 Å². The quantitative estimate of drug-likeness (QED) is 0.721. The molecule has 2 atom stereocenters. The van der Waals surface area contributed by atoms with Gasteiger partial charge in [0.25, 0.3) is 0 Å². The first-order chi connectivity index (χ1) is 10.2. The van der Waals surface area contributed by atoms with E-state index >= 15 is 0 Å². The number of carbonyl (C=O) groups excluding carboxylic acids is 1. The summed E-state index contributed by atoms with van der Waals surface area (Å²) in [6.07, 6.45) is 11.6. The number of carbonyl (C=O) groups is 1. The summed E-state index contributed by atoms with van der Waals surface area (Å²) in [6, 6.07) is 6.44. The molecule has 4 rings (SSSR count). The summed E-state index contributed by atoms with van der Waals surface area (Å²) in [5.74, 6) is 1.07. The van der Waals surface area contributed by atoms with Crippen LogP contribution in [0.25, 0.3) is 0 Å². The molecule has 0 aromatic heterocycles. The summed E-state index contributed by atoms with van der Waals surface area (Å²) in [5, 5.41) is 0. The molecular weight excluding hydrogens is 256 g/mol. The fraction of sp³-hybridized carbons (Fsp3) is 0.550. The Morgan fingerprint density at radius 3 is 2.95 bits per heavy atom. The molecule has 21 heavy (non-hydrogen) atoms. The zero-order valence-corrected chi connectivity index (χ0v) is 13.0. The fourth-order valence-corrected chi connectivity index (χ4v) is 4.94. The summed E-state index contributed by atoms with van der Waals surface area (Å²) in [6.45, 7) is 2.23. The van der Waals surface area contributed by atoms with Crippen LogP contribution in [0.15, 0.2) is 29.8 Å². The summed E-state index contributed by atoms with van der Waals surface area (Å²) < 4.78 is 0. The second-order valence-electron chi connectivity index (χ2n) is 7.21. The molecule has 110 valence electrons. The summed E-state index contributed by atoms with van der Waals surface area (Å²) in [7, 11) is 0. The number of hydrogen-bond donors (Lipinski definition) is 0. The minimum atomic E-state index is -0.0273. The highest BCUT2D eigenvalue weighted by molar-refractivity contribution is 6.04. The van der Waals surface area contributed by atoms with Crippen molar-refractivity contribution in [1.82, 2.24) is 0 Å². The number of allylic oxidation sites excluding steroid dienone is 2. The van der Waals surface area contributed by atoms with Crippen LogP contribution in [-0.4, -0.2) is 5.78 Å². The average Bonchev–Trinajstić information content (AvgIpc) is 3.10. The minimum Gasteiger partial charge on any atom is -0.294 e. The number of Topliss-reactive ketones (excluding diaryl/α,β-unsaturated/α-hetero) is 1. The van der Waals surface area contributed by atoms with E-state index in [1.54, 1.807) is 5.57 Å². The van der Waals surface area contributed by atoms with Crippen molar-refractivity contribution in [2.75, 3.05) is 0 Å². The molecule has 1 aromatic carbocycles. The summed E-state index contributed by atoms with van der Waals surface area (Å²) in [5.41, 5.74) is 5.39. The molecule has 1 fully saturated rings. The highest BCUT2D eigenvalue weighted by Gasteiger charge is 2.53. The van der Waals surface area contributed by atoms with Gasteiger partial charge in [0.1, 0.15) is 0 Å². The monoisotopic (exact) mass is 280 g/mol. The first-order valence-electron chi connectivity index (χ1n) is 8.58. The van der Waals surface area contributed by atoms with E-state index in [1.165, 1.54) is 30.4 Å². The predicted octanol–water partition coefficient (Wildman–Crippen LogP) is 4.88. The average molecular weight is 280 g/mol. The van der Waals surface area contributed by atoms with E-state index in [0.717, 1.165) is 37.7 Å². The second kappa shape index (κ2) is 4.83. The largest absolute Gasteiger partial charge is 0.294 e. The first-order valence-corrected chi connectivity index (χ1v) is 8.58. The topological polar surface area (TPSA) is 17.1 Å². The van der Waals surface area contributed by atoms with Crippen molar-refractivity contribution >= 4 is 5.78 Å². The van der Waals surface area contributed by atoms with Gasteiger partial charge in [0.05, 0.1) is 0 Å². The van der Waals surface area contributed by atoms with Gasteiger partial charge < -0.3 is 0 Å². The summed E-state index contributed by atoms with van der Waals surface area (Å²) in [4.78, 5) is 13.2. The minimum absolute atomic E-state index is 0.0273. The van der Waals surface area contributed by atoms with Crippen molar-refractivity contribution in [3.05, 3.63) is 46.5 Å². The van der Waals surface area contributed by atoms with E-state index in [1.807, 2.05) is 0 Å². The molecule has 0 radical (unpaired) electrons. The molecule has 1 spiro atoms. The molecule has 3 aliphatic carbocycles. The number of benzene rings is 1. The number of aryl methyl sites for hydroxylation is 1. The Morgan fingerprint density at radius 1 is 1.33 bits per heavy atom. The normalized spacial score (nSPS) is 29.9. The number of fused-ring (bicyclic) bond motifs is 4. The molecule has 2 unspecified atom stereocenters. The Kier molecular flexibility index (Phi) is 3.06. The molecular formula is C20H24O. The van der Waals surface area contributed by atoms with E-state index in [0.29, 0.717) is 11.7 Å². The van der Waals surface area contributed by atoms with Gasteiger partial charge in [0, 0.05) is 11.0 Å². The Labute approximate surface area is 127 Å². The maximum atomic E-state index is 13.2. The van der Waals surface area contributed by atoms with E-state index in [4.69, 9.17) is 0 Å². The molecule has 1 nitrogen and oxygen atoms in total. The lowest BCUT2D eigenvalue weighted by Gasteiger charge is -2.39. The zero-order valence-electron chi connectivity index (χ0n) is 13.0. The molecule has 0 amide bonds. The molecule has 0 heterocycles. The Morgan fingerprint density at radius 2 is 2.24 bits per heavy atom. The van der Waals surface area contributed by atoms with Crippen LogP contribution < -0.4 is 0 Å². The van der Waals surface area contributed by atoms with Gasteiger partial charge in [-0.3, -0.25) is 4.79 Å².